The molecule has 0 radical (unpaired) electrons. The third kappa shape index (κ3) is 3.05. The molecule has 2 atom stereocenters. The van der Waals surface area contributed by atoms with Crippen LogP contribution in [0.2, 0.25) is 0 Å². The number of ether oxygens (including phenoxy) is 3. The second kappa shape index (κ2) is 6.71. The van der Waals surface area contributed by atoms with E-state index in [1.807, 2.05) is 4.90 Å². The lowest BCUT2D eigenvalue weighted by molar-refractivity contribution is -0.135. The Morgan fingerprint density at radius 1 is 1.04 bits per heavy atom. The molecule has 3 rings (SSSR count). The summed E-state index contributed by atoms with van der Waals surface area (Å²) in [7, 11) is 3.08. The van der Waals surface area contributed by atoms with Gasteiger partial charge in [-0.3, -0.25) is 4.79 Å². The molecule has 2 fully saturated rings. The Balaban J connectivity index is 1.67. The van der Waals surface area contributed by atoms with Crippen molar-refractivity contribution in [3.05, 3.63) is 23.8 Å². The van der Waals surface area contributed by atoms with E-state index in [1.54, 1.807) is 32.2 Å². The van der Waals surface area contributed by atoms with Crippen molar-refractivity contribution in [1.82, 2.24) is 4.90 Å². The minimum atomic E-state index is -0.364. The maximum atomic E-state index is 12.4. The van der Waals surface area contributed by atoms with Crippen LogP contribution < -0.4 is 9.47 Å². The fourth-order valence-corrected chi connectivity index (χ4v) is 3.92. The molecule has 0 aliphatic carbocycles. The third-order valence-electron chi connectivity index (χ3n) is 4.95. The number of nitrogens with zero attached hydrogens (tertiary/aromatic N) is 1. The largest absolute Gasteiger partial charge is 0.493 e. The van der Waals surface area contributed by atoms with Crippen LogP contribution in [-0.2, 0) is 9.53 Å². The molecular weight excluding hydrogens is 310 g/mol. The number of piperidine rings is 1. The number of hydrogen-bond acceptors (Lipinski definition) is 5. The van der Waals surface area contributed by atoms with Crippen LogP contribution in [0, 0.1) is 0 Å². The minimum absolute atomic E-state index is 0.118. The lowest BCUT2D eigenvalue weighted by atomic mass is 9.99. The summed E-state index contributed by atoms with van der Waals surface area (Å²) in [6, 6.07) is 5.38. The Morgan fingerprint density at radius 3 is 2.21 bits per heavy atom. The highest BCUT2D eigenvalue weighted by Crippen LogP contribution is 2.37. The van der Waals surface area contributed by atoms with Gasteiger partial charge in [0.1, 0.15) is 6.10 Å². The molecule has 24 heavy (non-hydrogen) atoms. The number of amides is 1. The van der Waals surface area contributed by atoms with Crippen LogP contribution in [0.25, 0.3) is 0 Å². The van der Waals surface area contributed by atoms with E-state index >= 15 is 0 Å². The first-order chi connectivity index (χ1) is 11.5. The Bertz CT molecular complexity index is 630. The molecule has 2 bridgehead atoms. The highest BCUT2D eigenvalue weighted by molar-refractivity contribution is 5.90. The first-order valence-corrected chi connectivity index (χ1v) is 8.25. The van der Waals surface area contributed by atoms with Crippen molar-refractivity contribution in [1.29, 1.82) is 0 Å². The van der Waals surface area contributed by atoms with E-state index in [-0.39, 0.29) is 30.1 Å². The smallest absolute Gasteiger partial charge is 0.338 e. The number of esters is 1. The van der Waals surface area contributed by atoms with Gasteiger partial charge in [-0.2, -0.15) is 0 Å². The van der Waals surface area contributed by atoms with Gasteiger partial charge in [0.05, 0.1) is 19.8 Å². The quantitative estimate of drug-likeness (QED) is 0.792. The molecule has 130 valence electrons. The molecule has 0 aromatic heterocycles. The lowest BCUT2D eigenvalue weighted by Crippen LogP contribution is -2.48. The lowest BCUT2D eigenvalue weighted by Gasteiger charge is -2.38. The number of benzene rings is 1. The van der Waals surface area contributed by atoms with E-state index in [9.17, 15) is 9.59 Å². The zero-order valence-electron chi connectivity index (χ0n) is 14.3. The van der Waals surface area contributed by atoms with Gasteiger partial charge in [0.25, 0.3) is 0 Å². The predicted molar refractivity (Wildman–Crippen MR) is 87.3 cm³/mol. The molecule has 1 aromatic carbocycles. The molecule has 0 N–H and O–H groups in total. The van der Waals surface area contributed by atoms with Crippen molar-refractivity contribution >= 4 is 11.9 Å². The van der Waals surface area contributed by atoms with Crippen molar-refractivity contribution < 1.29 is 23.8 Å². The summed E-state index contributed by atoms with van der Waals surface area (Å²) in [6.07, 6.45) is 3.28. The molecule has 1 aromatic rings. The summed E-state index contributed by atoms with van der Waals surface area (Å²) in [4.78, 5) is 26.1. The molecule has 0 saturated carbocycles. The Labute approximate surface area is 141 Å². The predicted octanol–water partition coefficient (Wildman–Crippen LogP) is 2.40. The number of rotatable bonds is 4. The van der Waals surface area contributed by atoms with E-state index in [1.165, 1.54) is 7.11 Å². The standard InChI is InChI=1S/C18H23NO5/c1-11(20)19-13-5-6-14(19)10-15(9-13)24-18(21)12-4-7-16(22-2)17(8-12)23-3/h4,7-8,13-15H,5-6,9-10H2,1-3H3. The topological polar surface area (TPSA) is 65.1 Å². The zero-order valence-corrected chi connectivity index (χ0v) is 14.3. The van der Waals surface area contributed by atoms with Crippen molar-refractivity contribution in [3.8, 4) is 11.5 Å². The number of carbonyl (C=O) groups excluding carboxylic acids is 2. The SMILES string of the molecule is COc1ccc(C(=O)OC2CC3CCC(C2)N3C(C)=O)cc1OC. The van der Waals surface area contributed by atoms with Crippen LogP contribution in [0.3, 0.4) is 0 Å². The van der Waals surface area contributed by atoms with Gasteiger partial charge in [-0.15, -0.1) is 0 Å². The van der Waals surface area contributed by atoms with Gasteiger partial charge < -0.3 is 19.1 Å². The summed E-state index contributed by atoms with van der Waals surface area (Å²) >= 11 is 0. The number of methoxy groups -OCH3 is 2. The zero-order chi connectivity index (χ0) is 17.3. The van der Waals surface area contributed by atoms with Gasteiger partial charge in [0, 0.05) is 31.8 Å². The average Bonchev–Trinajstić information content (AvgIpc) is 2.85. The highest BCUT2D eigenvalue weighted by atomic mass is 16.5. The molecule has 2 unspecified atom stereocenters. The first-order valence-electron chi connectivity index (χ1n) is 8.25. The molecular formula is C18H23NO5. The fraction of sp³-hybridized carbons (Fsp3) is 0.556. The summed E-state index contributed by atoms with van der Waals surface area (Å²) < 4.78 is 16.1. The molecule has 6 heteroatoms. The van der Waals surface area contributed by atoms with Crippen molar-refractivity contribution in [3.63, 3.8) is 0 Å². The normalized spacial score (nSPS) is 25.3. The van der Waals surface area contributed by atoms with Crippen molar-refractivity contribution in [2.75, 3.05) is 14.2 Å². The first kappa shape index (κ1) is 16.6. The van der Waals surface area contributed by atoms with Crippen LogP contribution >= 0.6 is 0 Å². The van der Waals surface area contributed by atoms with Gasteiger partial charge in [-0.05, 0) is 31.0 Å². The maximum absolute atomic E-state index is 12.4. The Morgan fingerprint density at radius 2 is 1.67 bits per heavy atom. The van der Waals surface area contributed by atoms with Crippen molar-refractivity contribution in [2.45, 2.75) is 50.8 Å². The second-order valence-electron chi connectivity index (χ2n) is 6.38. The summed E-state index contributed by atoms with van der Waals surface area (Å²) in [6.45, 7) is 1.61. The molecule has 6 nitrogen and oxygen atoms in total. The van der Waals surface area contributed by atoms with Gasteiger partial charge in [-0.25, -0.2) is 4.79 Å². The van der Waals surface area contributed by atoms with Crippen LogP contribution in [0.5, 0.6) is 11.5 Å². The van der Waals surface area contributed by atoms with E-state index in [0.717, 1.165) is 25.7 Å². The third-order valence-corrected chi connectivity index (χ3v) is 4.95. The van der Waals surface area contributed by atoms with E-state index in [0.29, 0.717) is 17.1 Å². The summed E-state index contributed by atoms with van der Waals surface area (Å²) in [5, 5.41) is 0. The van der Waals surface area contributed by atoms with Crippen LogP contribution in [0.15, 0.2) is 18.2 Å². The highest BCUT2D eigenvalue weighted by Gasteiger charge is 2.43. The summed E-state index contributed by atoms with van der Waals surface area (Å²) in [5.41, 5.74) is 0.439. The van der Waals surface area contributed by atoms with Crippen LogP contribution in [0.4, 0.5) is 0 Å². The molecule has 0 spiro atoms. The van der Waals surface area contributed by atoms with E-state index in [4.69, 9.17) is 14.2 Å². The van der Waals surface area contributed by atoms with E-state index in [2.05, 4.69) is 0 Å². The van der Waals surface area contributed by atoms with E-state index < -0.39 is 0 Å². The van der Waals surface area contributed by atoms with Gasteiger partial charge >= 0.3 is 5.97 Å². The van der Waals surface area contributed by atoms with Gasteiger partial charge in [-0.1, -0.05) is 0 Å². The van der Waals surface area contributed by atoms with Gasteiger partial charge in [0.2, 0.25) is 5.91 Å². The molecule has 2 saturated heterocycles. The van der Waals surface area contributed by atoms with Crippen molar-refractivity contribution in [2.24, 2.45) is 0 Å². The fourth-order valence-electron chi connectivity index (χ4n) is 3.92. The average molecular weight is 333 g/mol. The number of hydrogen-bond donors (Lipinski definition) is 0. The Hall–Kier alpha value is -2.24. The monoisotopic (exact) mass is 333 g/mol. The molecule has 2 aliphatic rings. The second-order valence-corrected chi connectivity index (χ2v) is 6.38. The minimum Gasteiger partial charge on any atom is -0.493 e. The number of carbonyl (C=O) groups is 2. The van der Waals surface area contributed by atoms with Crippen LogP contribution in [-0.4, -0.2) is 49.2 Å². The summed E-state index contributed by atoms with van der Waals surface area (Å²) in [5.74, 6) is 0.823. The van der Waals surface area contributed by atoms with Crippen LogP contribution in [0.1, 0.15) is 43.0 Å². The molecule has 1 amide bonds. The molecule has 2 heterocycles. The maximum Gasteiger partial charge on any atom is 0.338 e. The molecule has 2 aliphatic heterocycles. The number of fused-ring (bicyclic) bond motifs is 2. The Kier molecular flexibility index (Phi) is 4.64. The van der Waals surface area contributed by atoms with Gasteiger partial charge in [0.15, 0.2) is 11.5 Å².